The Morgan fingerprint density at radius 1 is 1.17 bits per heavy atom. The lowest BCUT2D eigenvalue weighted by molar-refractivity contribution is -0.274. The van der Waals surface area contributed by atoms with Gasteiger partial charge in [0.1, 0.15) is 11.5 Å². The van der Waals surface area contributed by atoms with Crippen LogP contribution in [0.2, 0.25) is 0 Å². The summed E-state index contributed by atoms with van der Waals surface area (Å²) in [6.07, 6.45) is -0.650. The Kier molecular flexibility index (Phi) is 7.31. The molecule has 1 aliphatic heterocycles. The second-order valence-corrected chi connectivity index (χ2v) is 11.3. The molecule has 1 N–H and O–H groups in total. The lowest BCUT2D eigenvalue weighted by atomic mass is 9.87. The van der Waals surface area contributed by atoms with Crippen LogP contribution in [0.15, 0.2) is 40.9 Å². The monoisotopic (exact) mass is 568 g/mol. The van der Waals surface area contributed by atoms with Crippen molar-refractivity contribution in [1.29, 1.82) is 0 Å². The van der Waals surface area contributed by atoms with Gasteiger partial charge >= 0.3 is 6.36 Å². The maximum absolute atomic E-state index is 12.9. The third-order valence-electron chi connectivity index (χ3n) is 8.02. The van der Waals surface area contributed by atoms with E-state index in [0.717, 1.165) is 35.1 Å². The van der Waals surface area contributed by atoms with Gasteiger partial charge in [0.05, 0.1) is 18.4 Å². The van der Waals surface area contributed by atoms with Gasteiger partial charge in [-0.2, -0.15) is 4.98 Å². The highest BCUT2D eigenvalue weighted by Crippen LogP contribution is 2.47. The molecule has 2 atom stereocenters. The number of benzene rings is 2. The van der Waals surface area contributed by atoms with E-state index >= 15 is 0 Å². The number of ether oxygens (including phenoxy) is 1. The first-order valence-electron chi connectivity index (χ1n) is 13.9. The number of Topliss-reactive ketones (excluding diaryl/α,β-unsaturated/α-hetero) is 1. The second kappa shape index (κ2) is 10.9. The molecule has 2 saturated carbocycles. The zero-order chi connectivity index (χ0) is 28.7. The molecule has 0 spiro atoms. The number of carbonyl (C=O) groups is 2. The van der Waals surface area contributed by atoms with Crippen molar-refractivity contribution in [1.82, 2.24) is 20.4 Å². The third-order valence-corrected chi connectivity index (χ3v) is 8.02. The Morgan fingerprint density at radius 3 is 2.73 bits per heavy atom. The summed E-state index contributed by atoms with van der Waals surface area (Å²) in [5, 5.41) is 6.85. The second-order valence-electron chi connectivity index (χ2n) is 11.3. The number of ketones is 1. The van der Waals surface area contributed by atoms with E-state index in [1.165, 1.54) is 12.1 Å². The quantitative estimate of drug-likeness (QED) is 0.364. The lowest BCUT2D eigenvalue weighted by Crippen LogP contribution is -2.36. The summed E-state index contributed by atoms with van der Waals surface area (Å²) in [6.45, 7) is 3.59. The SMILES string of the molecule is Cc1noc(C2CC2C(=O)NCc2ccc(-c3cccc(OC(F)(F)F)c3)c3c2CN(CC(=O)CC2CC2)CC3)n1. The summed E-state index contributed by atoms with van der Waals surface area (Å²) in [5.41, 5.74) is 4.37. The molecule has 2 aliphatic carbocycles. The predicted molar refractivity (Wildman–Crippen MR) is 142 cm³/mol. The van der Waals surface area contributed by atoms with Crippen molar-refractivity contribution in [3.8, 4) is 16.9 Å². The van der Waals surface area contributed by atoms with Gasteiger partial charge < -0.3 is 14.6 Å². The van der Waals surface area contributed by atoms with Crippen molar-refractivity contribution in [2.24, 2.45) is 11.8 Å². The Labute approximate surface area is 235 Å². The molecule has 2 unspecified atom stereocenters. The molecule has 216 valence electrons. The first kappa shape index (κ1) is 27.4. The average molecular weight is 569 g/mol. The molecule has 3 aliphatic rings. The van der Waals surface area contributed by atoms with Gasteiger partial charge in [-0.15, -0.1) is 13.2 Å². The van der Waals surface area contributed by atoms with E-state index in [1.807, 2.05) is 12.1 Å². The predicted octanol–water partition coefficient (Wildman–Crippen LogP) is 5.09. The fourth-order valence-electron chi connectivity index (χ4n) is 5.72. The molecule has 2 aromatic carbocycles. The maximum Gasteiger partial charge on any atom is 0.573 e. The molecular formula is C30H31F3N4O4. The molecule has 1 aromatic heterocycles. The van der Waals surface area contributed by atoms with Crippen molar-refractivity contribution in [2.45, 2.75) is 64.4 Å². The fraction of sp³-hybridized carbons (Fsp3) is 0.467. The molecule has 8 nitrogen and oxygen atoms in total. The summed E-state index contributed by atoms with van der Waals surface area (Å²) in [4.78, 5) is 31.9. The molecule has 11 heteroatoms. The van der Waals surface area contributed by atoms with E-state index in [0.29, 0.717) is 68.6 Å². The topological polar surface area (TPSA) is 97.6 Å². The highest BCUT2D eigenvalue weighted by molar-refractivity contribution is 5.83. The number of carbonyl (C=O) groups excluding carboxylic acids is 2. The normalized spacial score (nSPS) is 20.4. The first-order valence-corrected chi connectivity index (χ1v) is 13.9. The van der Waals surface area contributed by atoms with Crippen LogP contribution in [0.1, 0.15) is 60.0 Å². The third kappa shape index (κ3) is 6.61. The minimum atomic E-state index is -4.78. The summed E-state index contributed by atoms with van der Waals surface area (Å²) < 4.78 is 48.0. The van der Waals surface area contributed by atoms with Crippen molar-refractivity contribution in [2.75, 3.05) is 13.1 Å². The van der Waals surface area contributed by atoms with Crippen molar-refractivity contribution in [3.05, 3.63) is 64.8 Å². The number of nitrogens with one attached hydrogen (secondary N) is 1. The summed E-state index contributed by atoms with van der Waals surface area (Å²) >= 11 is 0. The van der Waals surface area contributed by atoms with Crippen LogP contribution in [-0.2, 0) is 29.1 Å². The van der Waals surface area contributed by atoms with Crippen LogP contribution in [0, 0.1) is 18.8 Å². The number of halogens is 3. The van der Waals surface area contributed by atoms with Crippen LogP contribution in [0.25, 0.3) is 11.1 Å². The zero-order valence-corrected chi connectivity index (χ0v) is 22.7. The molecule has 2 fully saturated rings. The molecule has 6 rings (SSSR count). The number of aryl methyl sites for hydroxylation is 1. The van der Waals surface area contributed by atoms with Gasteiger partial charge in [0.2, 0.25) is 11.8 Å². The number of fused-ring (bicyclic) bond motifs is 1. The van der Waals surface area contributed by atoms with E-state index in [1.54, 1.807) is 19.1 Å². The van der Waals surface area contributed by atoms with Gasteiger partial charge in [0, 0.05) is 26.1 Å². The molecule has 0 radical (unpaired) electrons. The standard InChI is InChI=1S/C30H31F3N4O4/c1-17-35-29(41-36-17)26-13-25(26)28(39)34-14-20-7-8-23(19-3-2-4-22(12-19)40-30(31,32)33)24-9-10-37(16-27(20)24)15-21(38)11-18-5-6-18/h2-4,7-8,12,18,25-26H,5-6,9-11,13-16H2,1H3,(H,34,39). The van der Waals surface area contributed by atoms with Gasteiger partial charge in [0.15, 0.2) is 5.82 Å². The summed E-state index contributed by atoms with van der Waals surface area (Å²) in [6, 6.07) is 9.77. The van der Waals surface area contributed by atoms with Crippen LogP contribution in [0.3, 0.4) is 0 Å². The molecular weight excluding hydrogens is 537 g/mol. The Hall–Kier alpha value is -3.73. The molecule has 0 saturated heterocycles. The molecule has 2 heterocycles. The van der Waals surface area contributed by atoms with E-state index < -0.39 is 6.36 Å². The Bertz CT molecular complexity index is 1470. The van der Waals surface area contributed by atoms with Crippen molar-refractivity contribution >= 4 is 11.7 Å². The minimum Gasteiger partial charge on any atom is -0.406 e. The van der Waals surface area contributed by atoms with Crippen molar-refractivity contribution in [3.63, 3.8) is 0 Å². The first-order chi connectivity index (χ1) is 19.6. The van der Waals surface area contributed by atoms with Gasteiger partial charge in [-0.3, -0.25) is 14.5 Å². The van der Waals surface area contributed by atoms with E-state index in [2.05, 4.69) is 25.1 Å². The number of rotatable bonds is 10. The number of hydrogen-bond acceptors (Lipinski definition) is 7. The smallest absolute Gasteiger partial charge is 0.406 e. The highest BCUT2D eigenvalue weighted by Gasteiger charge is 2.47. The molecule has 41 heavy (non-hydrogen) atoms. The van der Waals surface area contributed by atoms with E-state index in [-0.39, 0.29) is 29.3 Å². The molecule has 3 aromatic rings. The minimum absolute atomic E-state index is 0.0772. The van der Waals surface area contributed by atoms with Gasteiger partial charge in [-0.25, -0.2) is 0 Å². The van der Waals surface area contributed by atoms with Crippen molar-refractivity contribution < 1.29 is 32.0 Å². The van der Waals surface area contributed by atoms with Crippen LogP contribution in [-0.4, -0.2) is 46.2 Å². The van der Waals surface area contributed by atoms with Crippen LogP contribution in [0.5, 0.6) is 5.75 Å². The molecule has 1 amide bonds. The number of nitrogens with zero attached hydrogens (tertiary/aromatic N) is 3. The Morgan fingerprint density at radius 2 is 2.00 bits per heavy atom. The number of aromatic nitrogens is 2. The van der Waals surface area contributed by atoms with Crippen LogP contribution >= 0.6 is 0 Å². The summed E-state index contributed by atoms with van der Waals surface area (Å²) in [5.74, 6) is 1.10. The van der Waals surface area contributed by atoms with Gasteiger partial charge in [-0.1, -0.05) is 29.4 Å². The number of alkyl halides is 3. The molecule has 0 bridgehead atoms. The lowest BCUT2D eigenvalue weighted by Gasteiger charge is -2.31. The zero-order valence-electron chi connectivity index (χ0n) is 22.7. The highest BCUT2D eigenvalue weighted by atomic mass is 19.4. The van der Waals surface area contributed by atoms with Crippen LogP contribution in [0.4, 0.5) is 13.2 Å². The van der Waals surface area contributed by atoms with E-state index in [4.69, 9.17) is 4.52 Å². The fourth-order valence-corrected chi connectivity index (χ4v) is 5.72. The van der Waals surface area contributed by atoms with Gasteiger partial charge in [0.25, 0.3) is 0 Å². The average Bonchev–Trinajstić information content (AvgIpc) is 3.85. The van der Waals surface area contributed by atoms with Crippen LogP contribution < -0.4 is 10.1 Å². The van der Waals surface area contributed by atoms with E-state index in [9.17, 15) is 22.8 Å². The summed E-state index contributed by atoms with van der Waals surface area (Å²) in [7, 11) is 0. The maximum atomic E-state index is 12.9. The Balaban J connectivity index is 1.22. The number of hydrogen-bond donors (Lipinski definition) is 1. The van der Waals surface area contributed by atoms with Gasteiger partial charge in [-0.05, 0) is 78.5 Å². The largest absolute Gasteiger partial charge is 0.573 e. The number of amides is 1.